The van der Waals surface area contributed by atoms with Gasteiger partial charge in [0.15, 0.2) is 0 Å². The van der Waals surface area contributed by atoms with Crippen molar-refractivity contribution in [3.05, 3.63) is 18.5 Å². The van der Waals surface area contributed by atoms with E-state index in [0.717, 1.165) is 26.3 Å². The summed E-state index contributed by atoms with van der Waals surface area (Å²) in [4.78, 5) is 0. The molecule has 2 rings (SSSR count). The number of aliphatic hydroxyl groups is 1. The smallest absolute Gasteiger partial charge is 0.0874 e. The number of nitrogens with one attached hydrogen (secondary N) is 1. The minimum atomic E-state index is -0.428. The van der Waals surface area contributed by atoms with Crippen LogP contribution in [0.3, 0.4) is 0 Å². The van der Waals surface area contributed by atoms with Gasteiger partial charge < -0.3 is 9.84 Å². The first-order chi connectivity index (χ1) is 7.84. The molecule has 1 aliphatic heterocycles. The van der Waals surface area contributed by atoms with Crippen molar-refractivity contribution in [1.29, 1.82) is 0 Å². The van der Waals surface area contributed by atoms with Crippen LogP contribution in [0.5, 0.6) is 0 Å². The largest absolute Gasteiger partial charge is 0.390 e. The van der Waals surface area contributed by atoms with E-state index >= 15 is 0 Å². The topological polar surface area (TPSA) is 62.6 Å². The Hall–Kier alpha value is -0.950. The molecule has 1 aromatic heterocycles. The number of ether oxygens (including phenoxy) is 1. The summed E-state index contributed by atoms with van der Waals surface area (Å²) in [7, 11) is 0. The van der Waals surface area contributed by atoms with Gasteiger partial charge >= 0.3 is 0 Å². The van der Waals surface area contributed by atoms with Crippen LogP contribution in [-0.2, 0) is 11.3 Å². The van der Waals surface area contributed by atoms with Crippen LogP contribution in [0.15, 0.2) is 18.5 Å². The predicted octanol–water partition coefficient (Wildman–Crippen LogP) is -0.919. The van der Waals surface area contributed by atoms with Crippen LogP contribution in [-0.4, -0.2) is 58.8 Å². The van der Waals surface area contributed by atoms with Gasteiger partial charge in [-0.05, 0) is 6.07 Å². The molecule has 1 fully saturated rings. The molecule has 1 atom stereocenters. The molecule has 1 unspecified atom stereocenters. The lowest BCUT2D eigenvalue weighted by atomic mass is 10.3. The highest BCUT2D eigenvalue weighted by Crippen LogP contribution is 1.94. The van der Waals surface area contributed by atoms with Gasteiger partial charge in [-0.3, -0.25) is 10.1 Å². The molecule has 0 amide bonds. The molecule has 1 saturated heterocycles. The third kappa shape index (κ3) is 3.57. The molecule has 0 spiro atoms. The molecule has 0 bridgehead atoms. The molecule has 6 heteroatoms. The minimum Gasteiger partial charge on any atom is -0.390 e. The maximum atomic E-state index is 9.77. The Morgan fingerprint density at radius 1 is 1.44 bits per heavy atom. The standard InChI is InChI=1S/C10H18N4O2/c15-10(9-14-3-1-2-11-14)8-12-13-4-6-16-7-5-13/h1-3,10,12,15H,4-9H2. The molecule has 1 aromatic rings. The number of aliphatic hydroxyl groups excluding tert-OH is 1. The summed E-state index contributed by atoms with van der Waals surface area (Å²) in [6.45, 7) is 4.30. The van der Waals surface area contributed by atoms with E-state index in [1.807, 2.05) is 12.3 Å². The number of rotatable bonds is 5. The van der Waals surface area contributed by atoms with Crippen molar-refractivity contribution in [3.8, 4) is 0 Å². The van der Waals surface area contributed by atoms with Gasteiger partial charge in [-0.25, -0.2) is 5.01 Å². The first-order valence-electron chi connectivity index (χ1n) is 5.56. The van der Waals surface area contributed by atoms with Gasteiger partial charge in [0.2, 0.25) is 0 Å². The van der Waals surface area contributed by atoms with Crippen molar-refractivity contribution in [2.24, 2.45) is 0 Å². The second kappa shape index (κ2) is 5.95. The molecule has 0 aromatic carbocycles. The van der Waals surface area contributed by atoms with E-state index < -0.39 is 6.10 Å². The Bertz CT molecular complexity index is 285. The molecule has 0 radical (unpaired) electrons. The van der Waals surface area contributed by atoms with Crippen molar-refractivity contribution in [2.45, 2.75) is 12.6 Å². The van der Waals surface area contributed by atoms with Gasteiger partial charge in [-0.2, -0.15) is 5.10 Å². The number of hydrazine groups is 1. The SMILES string of the molecule is OC(CNN1CCOCC1)Cn1cccn1. The molecule has 90 valence electrons. The zero-order valence-electron chi connectivity index (χ0n) is 9.25. The first kappa shape index (κ1) is 11.5. The number of nitrogens with zero attached hydrogens (tertiary/aromatic N) is 3. The van der Waals surface area contributed by atoms with E-state index in [2.05, 4.69) is 15.5 Å². The zero-order valence-corrected chi connectivity index (χ0v) is 9.25. The molecule has 0 saturated carbocycles. The lowest BCUT2D eigenvalue weighted by Gasteiger charge is -2.28. The third-order valence-electron chi connectivity index (χ3n) is 2.52. The van der Waals surface area contributed by atoms with E-state index in [9.17, 15) is 5.11 Å². The van der Waals surface area contributed by atoms with Crippen LogP contribution in [0.25, 0.3) is 0 Å². The average molecular weight is 226 g/mol. The highest BCUT2D eigenvalue weighted by molar-refractivity contribution is 4.78. The fraction of sp³-hybridized carbons (Fsp3) is 0.700. The summed E-state index contributed by atoms with van der Waals surface area (Å²) in [5, 5.41) is 15.9. The summed E-state index contributed by atoms with van der Waals surface area (Å²) < 4.78 is 6.96. The van der Waals surface area contributed by atoms with Crippen molar-refractivity contribution in [2.75, 3.05) is 32.8 Å². The number of aromatic nitrogens is 2. The van der Waals surface area contributed by atoms with Crippen LogP contribution in [0, 0.1) is 0 Å². The van der Waals surface area contributed by atoms with Crippen LogP contribution in [0.4, 0.5) is 0 Å². The van der Waals surface area contributed by atoms with Gasteiger partial charge in [0.1, 0.15) is 0 Å². The van der Waals surface area contributed by atoms with Crippen molar-refractivity contribution in [1.82, 2.24) is 20.2 Å². The monoisotopic (exact) mass is 226 g/mol. The van der Waals surface area contributed by atoms with Gasteiger partial charge in [-0.15, -0.1) is 0 Å². The van der Waals surface area contributed by atoms with E-state index in [1.54, 1.807) is 10.9 Å². The fourth-order valence-electron chi connectivity index (χ4n) is 1.64. The average Bonchev–Trinajstić information content (AvgIpc) is 2.81. The van der Waals surface area contributed by atoms with Gasteiger partial charge in [-0.1, -0.05) is 0 Å². The maximum Gasteiger partial charge on any atom is 0.0874 e. The molecule has 0 aliphatic carbocycles. The quantitative estimate of drug-likeness (QED) is 0.680. The molecule has 2 heterocycles. The predicted molar refractivity (Wildman–Crippen MR) is 58.6 cm³/mol. The van der Waals surface area contributed by atoms with Gasteiger partial charge in [0, 0.05) is 32.0 Å². The highest BCUT2D eigenvalue weighted by atomic mass is 16.5. The number of hydrogen-bond donors (Lipinski definition) is 2. The van der Waals surface area contributed by atoms with E-state index in [4.69, 9.17) is 4.74 Å². The Morgan fingerprint density at radius 2 is 2.25 bits per heavy atom. The van der Waals surface area contributed by atoms with Gasteiger partial charge in [0.05, 0.1) is 25.9 Å². The first-order valence-corrected chi connectivity index (χ1v) is 5.56. The summed E-state index contributed by atoms with van der Waals surface area (Å²) in [5.74, 6) is 0. The lowest BCUT2D eigenvalue weighted by Crippen LogP contribution is -2.48. The molecular weight excluding hydrogens is 208 g/mol. The van der Waals surface area contributed by atoms with E-state index in [-0.39, 0.29) is 0 Å². The Balaban J connectivity index is 1.65. The summed E-state index contributed by atoms with van der Waals surface area (Å²) in [5.41, 5.74) is 3.20. The fourth-order valence-corrected chi connectivity index (χ4v) is 1.64. The van der Waals surface area contributed by atoms with Crippen LogP contribution in [0.2, 0.25) is 0 Å². The maximum absolute atomic E-state index is 9.77. The molecule has 2 N–H and O–H groups in total. The Labute approximate surface area is 94.8 Å². The van der Waals surface area contributed by atoms with Crippen LogP contribution >= 0.6 is 0 Å². The second-order valence-electron chi connectivity index (χ2n) is 3.84. The normalized spacial score (nSPS) is 19.8. The summed E-state index contributed by atoms with van der Waals surface area (Å²) >= 11 is 0. The van der Waals surface area contributed by atoms with Crippen LogP contribution < -0.4 is 5.43 Å². The minimum absolute atomic E-state index is 0.428. The number of hydrogen-bond acceptors (Lipinski definition) is 5. The van der Waals surface area contributed by atoms with Crippen molar-refractivity contribution >= 4 is 0 Å². The number of morpholine rings is 1. The molecule has 6 nitrogen and oxygen atoms in total. The van der Waals surface area contributed by atoms with E-state index in [1.165, 1.54) is 0 Å². The third-order valence-corrected chi connectivity index (χ3v) is 2.52. The van der Waals surface area contributed by atoms with Crippen molar-refractivity contribution in [3.63, 3.8) is 0 Å². The Kier molecular flexibility index (Phi) is 4.29. The molecular formula is C10H18N4O2. The molecule has 1 aliphatic rings. The lowest BCUT2D eigenvalue weighted by molar-refractivity contribution is 0.00174. The summed E-state index contributed by atoms with van der Waals surface area (Å²) in [6.07, 6.45) is 3.13. The second-order valence-corrected chi connectivity index (χ2v) is 3.84. The zero-order chi connectivity index (χ0) is 11.2. The van der Waals surface area contributed by atoms with Crippen LogP contribution in [0.1, 0.15) is 0 Å². The van der Waals surface area contributed by atoms with Crippen molar-refractivity contribution < 1.29 is 9.84 Å². The summed E-state index contributed by atoms with van der Waals surface area (Å²) in [6, 6.07) is 1.85. The molecule has 16 heavy (non-hydrogen) atoms. The van der Waals surface area contributed by atoms with E-state index in [0.29, 0.717) is 13.1 Å². The Morgan fingerprint density at radius 3 is 2.94 bits per heavy atom. The highest BCUT2D eigenvalue weighted by Gasteiger charge is 2.12. The van der Waals surface area contributed by atoms with Gasteiger partial charge in [0.25, 0.3) is 0 Å².